The molecule has 0 saturated heterocycles. The van der Waals surface area contributed by atoms with Crippen molar-refractivity contribution in [1.82, 2.24) is 9.97 Å². The summed E-state index contributed by atoms with van der Waals surface area (Å²) in [4.78, 5) is 8.84. The van der Waals surface area contributed by atoms with E-state index < -0.39 is 0 Å². The highest BCUT2D eigenvalue weighted by atomic mass is 15.0. The van der Waals surface area contributed by atoms with E-state index in [2.05, 4.69) is 15.3 Å². The van der Waals surface area contributed by atoms with Crippen LogP contribution >= 0.6 is 0 Å². The van der Waals surface area contributed by atoms with Crippen molar-refractivity contribution in [2.24, 2.45) is 0 Å². The minimum Gasteiger partial charge on any atom is -0.370 e. The molecule has 96 valence electrons. The van der Waals surface area contributed by atoms with Gasteiger partial charge in [0.2, 0.25) is 0 Å². The van der Waals surface area contributed by atoms with E-state index in [1.54, 1.807) is 0 Å². The van der Waals surface area contributed by atoms with Crippen molar-refractivity contribution in [3.05, 3.63) is 48.8 Å². The van der Waals surface area contributed by atoms with Crippen molar-refractivity contribution in [3.63, 3.8) is 0 Å². The topological polar surface area (TPSA) is 37.8 Å². The molecular weight excluding hydrogens is 245 g/mol. The van der Waals surface area contributed by atoms with Crippen molar-refractivity contribution in [3.8, 4) is 11.3 Å². The standard InChI is InChI=1S/C16H14BN3/c1-2-18-16-7-6-12(9-20-16)15-8-11-4-3-5-14(17)13(11)10-19-15/h3-10H,2H2,1H3,(H,18,20). The second-order valence-corrected chi connectivity index (χ2v) is 4.60. The number of nitrogens with zero attached hydrogens (tertiary/aromatic N) is 2. The lowest BCUT2D eigenvalue weighted by atomic mass is 9.91. The zero-order valence-corrected chi connectivity index (χ0v) is 11.3. The first-order chi connectivity index (χ1) is 9.78. The number of rotatable bonds is 3. The van der Waals surface area contributed by atoms with Gasteiger partial charge < -0.3 is 5.32 Å². The highest BCUT2D eigenvalue weighted by Gasteiger charge is 2.03. The third kappa shape index (κ3) is 2.37. The largest absolute Gasteiger partial charge is 0.370 e. The van der Waals surface area contributed by atoms with Gasteiger partial charge in [-0.05, 0) is 35.9 Å². The SMILES string of the molecule is [B]c1cccc2cc(-c3ccc(NCC)nc3)ncc12. The summed E-state index contributed by atoms with van der Waals surface area (Å²) in [5.74, 6) is 0.876. The van der Waals surface area contributed by atoms with E-state index in [1.807, 2.05) is 55.7 Å². The lowest BCUT2D eigenvalue weighted by Crippen LogP contribution is -2.03. The lowest BCUT2D eigenvalue weighted by molar-refractivity contribution is 1.16. The van der Waals surface area contributed by atoms with Crippen LogP contribution in [0, 0.1) is 0 Å². The smallest absolute Gasteiger partial charge is 0.125 e. The molecule has 0 saturated carbocycles. The van der Waals surface area contributed by atoms with E-state index in [0.29, 0.717) is 0 Å². The molecular formula is C16H14BN3. The van der Waals surface area contributed by atoms with Gasteiger partial charge in [0, 0.05) is 24.5 Å². The van der Waals surface area contributed by atoms with Crippen LogP contribution in [0.5, 0.6) is 0 Å². The van der Waals surface area contributed by atoms with Crippen LogP contribution in [0.3, 0.4) is 0 Å². The fourth-order valence-electron chi connectivity index (χ4n) is 2.18. The summed E-state index contributed by atoms with van der Waals surface area (Å²) in [6.07, 6.45) is 3.65. The molecule has 2 radical (unpaired) electrons. The minimum atomic E-state index is 0.752. The van der Waals surface area contributed by atoms with Crippen LogP contribution in [-0.2, 0) is 0 Å². The lowest BCUT2D eigenvalue weighted by Gasteiger charge is -2.06. The summed E-state index contributed by atoms with van der Waals surface area (Å²) in [5, 5.41) is 5.24. The van der Waals surface area contributed by atoms with E-state index in [9.17, 15) is 0 Å². The van der Waals surface area contributed by atoms with Crippen molar-refractivity contribution in [2.45, 2.75) is 6.92 Å². The molecule has 2 heterocycles. The average molecular weight is 259 g/mol. The fourth-order valence-corrected chi connectivity index (χ4v) is 2.18. The maximum absolute atomic E-state index is 5.94. The van der Waals surface area contributed by atoms with Gasteiger partial charge in [0.25, 0.3) is 0 Å². The van der Waals surface area contributed by atoms with Crippen LogP contribution in [0.2, 0.25) is 0 Å². The van der Waals surface area contributed by atoms with Gasteiger partial charge in [0.1, 0.15) is 13.7 Å². The number of hydrogen-bond donors (Lipinski definition) is 1. The van der Waals surface area contributed by atoms with Crippen LogP contribution in [0.25, 0.3) is 22.0 Å². The summed E-state index contributed by atoms with van der Waals surface area (Å²) in [6.45, 7) is 2.91. The molecule has 0 unspecified atom stereocenters. The summed E-state index contributed by atoms with van der Waals surface area (Å²) in [5.41, 5.74) is 2.65. The molecule has 0 spiro atoms. The number of aromatic nitrogens is 2. The number of nitrogens with one attached hydrogen (secondary N) is 1. The quantitative estimate of drug-likeness (QED) is 0.734. The molecule has 3 aromatic rings. The number of hydrogen-bond acceptors (Lipinski definition) is 3. The van der Waals surface area contributed by atoms with Crippen molar-refractivity contribution in [2.75, 3.05) is 11.9 Å². The predicted octanol–water partition coefficient (Wildman–Crippen LogP) is 2.52. The Kier molecular flexibility index (Phi) is 3.38. The van der Waals surface area contributed by atoms with Gasteiger partial charge >= 0.3 is 0 Å². The first kappa shape index (κ1) is 12.7. The molecule has 0 amide bonds. The van der Waals surface area contributed by atoms with E-state index in [0.717, 1.165) is 39.9 Å². The predicted molar refractivity (Wildman–Crippen MR) is 84.5 cm³/mol. The normalized spacial score (nSPS) is 10.7. The first-order valence-corrected chi connectivity index (χ1v) is 6.62. The molecule has 0 aliphatic carbocycles. The van der Waals surface area contributed by atoms with Gasteiger partial charge in [-0.25, -0.2) is 4.98 Å². The van der Waals surface area contributed by atoms with Gasteiger partial charge in [-0.2, -0.15) is 0 Å². The zero-order chi connectivity index (χ0) is 13.9. The number of pyridine rings is 2. The Hall–Kier alpha value is -2.36. The summed E-state index contributed by atoms with van der Waals surface area (Å²) in [7, 11) is 5.94. The van der Waals surface area contributed by atoms with Gasteiger partial charge in [-0.3, -0.25) is 4.98 Å². The number of fused-ring (bicyclic) bond motifs is 1. The molecule has 1 N–H and O–H groups in total. The fraction of sp³-hybridized carbons (Fsp3) is 0.125. The van der Waals surface area contributed by atoms with Gasteiger partial charge in [0.05, 0.1) is 5.69 Å². The highest BCUT2D eigenvalue weighted by Crippen LogP contribution is 2.21. The molecule has 0 atom stereocenters. The Morgan fingerprint density at radius 1 is 1.10 bits per heavy atom. The van der Waals surface area contributed by atoms with Crippen LogP contribution in [-0.4, -0.2) is 24.4 Å². The minimum absolute atomic E-state index is 0.752. The zero-order valence-electron chi connectivity index (χ0n) is 11.3. The van der Waals surface area contributed by atoms with Crippen LogP contribution < -0.4 is 10.8 Å². The van der Waals surface area contributed by atoms with E-state index in [-0.39, 0.29) is 0 Å². The van der Waals surface area contributed by atoms with Crippen LogP contribution in [0.4, 0.5) is 5.82 Å². The first-order valence-electron chi connectivity index (χ1n) is 6.62. The summed E-state index contributed by atoms with van der Waals surface area (Å²) < 4.78 is 0. The van der Waals surface area contributed by atoms with E-state index >= 15 is 0 Å². The maximum Gasteiger partial charge on any atom is 0.125 e. The summed E-state index contributed by atoms with van der Waals surface area (Å²) in [6, 6.07) is 11.9. The second-order valence-electron chi connectivity index (χ2n) is 4.60. The highest BCUT2D eigenvalue weighted by molar-refractivity contribution is 6.38. The van der Waals surface area contributed by atoms with Crippen molar-refractivity contribution in [1.29, 1.82) is 0 Å². The van der Waals surface area contributed by atoms with Gasteiger partial charge in [-0.1, -0.05) is 23.7 Å². The molecule has 0 bridgehead atoms. The Bertz CT molecular complexity index is 738. The monoisotopic (exact) mass is 259 g/mol. The van der Waals surface area contributed by atoms with Crippen LogP contribution in [0.15, 0.2) is 48.8 Å². The average Bonchev–Trinajstić information content (AvgIpc) is 2.48. The molecule has 3 nitrogen and oxygen atoms in total. The molecule has 4 heteroatoms. The Labute approximate surface area is 119 Å². The van der Waals surface area contributed by atoms with Crippen LogP contribution in [0.1, 0.15) is 6.92 Å². The Morgan fingerprint density at radius 3 is 2.75 bits per heavy atom. The van der Waals surface area contributed by atoms with E-state index in [1.165, 1.54) is 0 Å². The maximum atomic E-state index is 5.94. The molecule has 20 heavy (non-hydrogen) atoms. The second kappa shape index (κ2) is 5.33. The number of benzene rings is 1. The summed E-state index contributed by atoms with van der Waals surface area (Å²) >= 11 is 0. The molecule has 0 fully saturated rings. The van der Waals surface area contributed by atoms with Crippen molar-refractivity contribution >= 4 is 29.9 Å². The molecule has 3 rings (SSSR count). The van der Waals surface area contributed by atoms with Crippen molar-refractivity contribution < 1.29 is 0 Å². The Morgan fingerprint density at radius 2 is 2.00 bits per heavy atom. The third-order valence-electron chi connectivity index (χ3n) is 3.22. The molecule has 1 aromatic carbocycles. The van der Waals surface area contributed by atoms with E-state index in [4.69, 9.17) is 7.85 Å². The molecule has 2 aromatic heterocycles. The third-order valence-corrected chi connectivity index (χ3v) is 3.22. The molecule has 0 aliphatic rings. The van der Waals surface area contributed by atoms with Gasteiger partial charge in [0.15, 0.2) is 0 Å². The number of anilines is 1. The Balaban J connectivity index is 2.01. The molecule has 0 aliphatic heterocycles. The van der Waals surface area contributed by atoms with Gasteiger partial charge in [-0.15, -0.1) is 0 Å².